The van der Waals surface area contributed by atoms with Crippen LogP contribution in [0.2, 0.25) is 0 Å². The number of benzene rings is 1. The number of aromatic nitrogens is 2. The summed E-state index contributed by atoms with van der Waals surface area (Å²) in [7, 11) is 2.06. The van der Waals surface area contributed by atoms with Gasteiger partial charge in [-0.3, -0.25) is 19.2 Å². The Morgan fingerprint density at radius 2 is 1.89 bits per heavy atom. The first kappa shape index (κ1) is 11.0. The Kier molecular flexibility index (Phi) is 2.41. The van der Waals surface area contributed by atoms with Gasteiger partial charge in [-0.15, -0.1) is 0 Å². The molecule has 92 valence electrons. The number of aromatic amines is 1. The molecule has 1 aliphatic rings. The molecule has 0 spiro atoms. The van der Waals surface area contributed by atoms with Crippen molar-refractivity contribution in [3.63, 3.8) is 0 Å². The number of H-pyrrole nitrogens is 1. The second-order valence-electron chi connectivity index (χ2n) is 4.61. The molecule has 0 amide bonds. The van der Waals surface area contributed by atoms with Crippen molar-refractivity contribution in [1.82, 2.24) is 14.5 Å². The standard InChI is InChI=1S/C13H13N3O2/c1-15-7-9-2-3-11(6-10(9)8-15)16-5-4-12(17)14-13(16)18/h2-6H,7-8H2,1H3,(H,14,17,18). The summed E-state index contributed by atoms with van der Waals surface area (Å²) in [6.45, 7) is 1.83. The van der Waals surface area contributed by atoms with E-state index in [1.807, 2.05) is 18.2 Å². The van der Waals surface area contributed by atoms with Gasteiger partial charge in [0.05, 0.1) is 5.69 Å². The Labute approximate surface area is 103 Å². The van der Waals surface area contributed by atoms with E-state index in [1.165, 1.54) is 28.0 Å². The summed E-state index contributed by atoms with van der Waals surface area (Å²) in [6.07, 6.45) is 1.50. The van der Waals surface area contributed by atoms with Gasteiger partial charge < -0.3 is 0 Å². The van der Waals surface area contributed by atoms with Crippen molar-refractivity contribution in [1.29, 1.82) is 0 Å². The molecule has 3 rings (SSSR count). The van der Waals surface area contributed by atoms with Crippen LogP contribution >= 0.6 is 0 Å². The van der Waals surface area contributed by atoms with Crippen LogP contribution < -0.4 is 11.2 Å². The molecule has 0 aliphatic carbocycles. The van der Waals surface area contributed by atoms with Gasteiger partial charge in [-0.2, -0.15) is 0 Å². The van der Waals surface area contributed by atoms with Crippen LogP contribution in [0.3, 0.4) is 0 Å². The van der Waals surface area contributed by atoms with E-state index in [0.717, 1.165) is 18.8 Å². The van der Waals surface area contributed by atoms with Crippen LogP contribution in [0.5, 0.6) is 0 Å². The maximum atomic E-state index is 11.7. The second-order valence-corrected chi connectivity index (χ2v) is 4.61. The van der Waals surface area contributed by atoms with Crippen molar-refractivity contribution in [2.45, 2.75) is 13.1 Å². The maximum absolute atomic E-state index is 11.7. The smallest absolute Gasteiger partial charge is 0.298 e. The van der Waals surface area contributed by atoms with Gasteiger partial charge in [0, 0.05) is 25.4 Å². The second kappa shape index (κ2) is 3.96. The Morgan fingerprint density at radius 3 is 2.67 bits per heavy atom. The largest absolute Gasteiger partial charge is 0.332 e. The lowest BCUT2D eigenvalue weighted by Gasteiger charge is -2.06. The third-order valence-electron chi connectivity index (χ3n) is 3.17. The third-order valence-corrected chi connectivity index (χ3v) is 3.17. The Hall–Kier alpha value is -2.14. The quantitative estimate of drug-likeness (QED) is 0.792. The number of nitrogens with zero attached hydrogens (tertiary/aromatic N) is 2. The van der Waals surface area contributed by atoms with Gasteiger partial charge in [0.2, 0.25) is 0 Å². The van der Waals surface area contributed by atoms with E-state index in [9.17, 15) is 9.59 Å². The van der Waals surface area contributed by atoms with Crippen molar-refractivity contribution in [3.8, 4) is 5.69 Å². The molecule has 1 aliphatic heterocycles. The molecule has 0 saturated carbocycles. The number of rotatable bonds is 1. The summed E-state index contributed by atoms with van der Waals surface area (Å²) in [4.78, 5) is 27.2. The molecule has 5 nitrogen and oxygen atoms in total. The number of hydrogen-bond acceptors (Lipinski definition) is 3. The fraction of sp³-hybridized carbons (Fsp3) is 0.231. The first-order valence-electron chi connectivity index (χ1n) is 5.76. The average Bonchev–Trinajstić information content (AvgIpc) is 2.68. The average molecular weight is 243 g/mol. The highest BCUT2D eigenvalue weighted by atomic mass is 16.2. The summed E-state index contributed by atoms with van der Waals surface area (Å²) >= 11 is 0. The Balaban J connectivity index is 2.11. The molecular weight excluding hydrogens is 230 g/mol. The van der Waals surface area contributed by atoms with Gasteiger partial charge >= 0.3 is 5.69 Å². The van der Waals surface area contributed by atoms with Gasteiger partial charge in [-0.25, -0.2) is 4.79 Å². The topological polar surface area (TPSA) is 58.1 Å². The first-order chi connectivity index (χ1) is 8.63. The highest BCUT2D eigenvalue weighted by molar-refractivity contribution is 5.42. The van der Waals surface area contributed by atoms with Crippen LogP contribution in [0.25, 0.3) is 5.69 Å². The summed E-state index contributed by atoms with van der Waals surface area (Å²) in [5.74, 6) is 0. The van der Waals surface area contributed by atoms with Crippen LogP contribution in [-0.2, 0) is 13.1 Å². The van der Waals surface area contributed by atoms with Crippen molar-refractivity contribution in [2.24, 2.45) is 0 Å². The minimum atomic E-state index is -0.409. The number of fused-ring (bicyclic) bond motifs is 1. The third kappa shape index (κ3) is 1.78. The van der Waals surface area contributed by atoms with Crippen LogP contribution in [0, 0.1) is 0 Å². The molecule has 1 aromatic heterocycles. The van der Waals surface area contributed by atoms with Crippen molar-refractivity contribution >= 4 is 0 Å². The van der Waals surface area contributed by atoms with Crippen LogP contribution in [0.15, 0.2) is 40.1 Å². The monoisotopic (exact) mass is 243 g/mol. The molecule has 0 fully saturated rings. The molecule has 1 N–H and O–H groups in total. The van der Waals surface area contributed by atoms with Crippen molar-refractivity contribution < 1.29 is 0 Å². The van der Waals surface area contributed by atoms with E-state index >= 15 is 0 Å². The van der Waals surface area contributed by atoms with Gasteiger partial charge in [0.15, 0.2) is 0 Å². The lowest BCUT2D eigenvalue weighted by molar-refractivity contribution is 0.353. The predicted octanol–water partition coefficient (Wildman–Crippen LogP) is 0.471. The van der Waals surface area contributed by atoms with Gasteiger partial charge in [-0.1, -0.05) is 6.07 Å². The number of hydrogen-bond donors (Lipinski definition) is 1. The Bertz CT molecular complexity index is 715. The molecule has 5 heteroatoms. The molecule has 18 heavy (non-hydrogen) atoms. The van der Waals surface area contributed by atoms with E-state index in [4.69, 9.17) is 0 Å². The molecule has 0 atom stereocenters. The Morgan fingerprint density at radius 1 is 1.11 bits per heavy atom. The lowest BCUT2D eigenvalue weighted by atomic mass is 10.1. The summed E-state index contributed by atoms with van der Waals surface area (Å²) < 4.78 is 1.44. The van der Waals surface area contributed by atoms with E-state index in [0.29, 0.717) is 0 Å². The van der Waals surface area contributed by atoms with Gasteiger partial charge in [0.25, 0.3) is 5.56 Å². The van der Waals surface area contributed by atoms with Gasteiger partial charge in [0.1, 0.15) is 0 Å². The number of nitrogens with one attached hydrogen (secondary N) is 1. The molecule has 1 aromatic carbocycles. The minimum Gasteiger partial charge on any atom is -0.298 e. The molecule has 2 heterocycles. The lowest BCUT2D eigenvalue weighted by Crippen LogP contribution is -2.27. The van der Waals surface area contributed by atoms with Crippen LogP contribution in [0.1, 0.15) is 11.1 Å². The van der Waals surface area contributed by atoms with Crippen LogP contribution in [0.4, 0.5) is 0 Å². The SMILES string of the molecule is CN1Cc2ccc(-n3ccc(=O)[nH]c3=O)cc2C1. The maximum Gasteiger partial charge on any atom is 0.332 e. The molecule has 0 unspecified atom stereocenters. The zero-order valence-corrected chi connectivity index (χ0v) is 10.0. The zero-order chi connectivity index (χ0) is 12.7. The minimum absolute atomic E-state index is 0.378. The molecule has 2 aromatic rings. The highest BCUT2D eigenvalue weighted by Gasteiger charge is 2.15. The zero-order valence-electron chi connectivity index (χ0n) is 10.0. The molecular formula is C13H13N3O2. The summed E-state index contributed by atoms with van der Waals surface area (Å²) in [5.41, 5.74) is 2.52. The highest BCUT2D eigenvalue weighted by Crippen LogP contribution is 2.23. The van der Waals surface area contributed by atoms with Crippen LogP contribution in [-0.4, -0.2) is 21.5 Å². The molecule has 0 saturated heterocycles. The normalized spacial score (nSPS) is 14.7. The summed E-state index contributed by atoms with van der Waals surface area (Å²) in [5, 5.41) is 0. The van der Waals surface area contributed by atoms with Gasteiger partial charge in [-0.05, 0) is 30.3 Å². The van der Waals surface area contributed by atoms with E-state index in [-0.39, 0.29) is 5.56 Å². The first-order valence-corrected chi connectivity index (χ1v) is 5.76. The van der Waals surface area contributed by atoms with E-state index < -0.39 is 5.69 Å². The summed E-state index contributed by atoms with van der Waals surface area (Å²) in [6, 6.07) is 7.28. The van der Waals surface area contributed by atoms with Crippen molar-refractivity contribution in [2.75, 3.05) is 7.05 Å². The van der Waals surface area contributed by atoms with E-state index in [2.05, 4.69) is 16.9 Å². The fourth-order valence-electron chi connectivity index (χ4n) is 2.32. The fourth-order valence-corrected chi connectivity index (χ4v) is 2.32. The molecule has 0 radical (unpaired) electrons. The molecule has 0 bridgehead atoms. The predicted molar refractivity (Wildman–Crippen MR) is 67.8 cm³/mol. The van der Waals surface area contributed by atoms with Crippen molar-refractivity contribution in [3.05, 3.63) is 62.4 Å². The van der Waals surface area contributed by atoms with E-state index in [1.54, 1.807) is 0 Å².